The number of carboxylic acids is 2. The Morgan fingerprint density at radius 3 is 2.41 bits per heavy atom. The lowest BCUT2D eigenvalue weighted by molar-refractivity contribution is -0.138. The third-order valence-electron chi connectivity index (χ3n) is 10.7. The van der Waals surface area contributed by atoms with Crippen molar-refractivity contribution in [3.05, 3.63) is 35.5 Å². The summed E-state index contributed by atoms with van der Waals surface area (Å²) in [5, 5.41) is 18.6. The molecule has 0 aromatic rings. The molecule has 0 aliphatic heterocycles. The number of allylic oxidation sites excluding steroid dienone is 4. The second-order valence-corrected chi connectivity index (χ2v) is 12.4. The van der Waals surface area contributed by atoms with Gasteiger partial charge < -0.3 is 10.2 Å². The lowest BCUT2D eigenvalue weighted by Gasteiger charge is -2.60. The SMILES string of the molecule is C=C(C)[C@@H]1CC[C@@H]2C(=CC[C@]3(C)C([C@H](C)CC/C=C(/C)C(=O)O)CC[C@@]23C)[C@@]1(C)CCC(=O)O. The Hall–Kier alpha value is -1.84. The van der Waals surface area contributed by atoms with E-state index in [0.29, 0.717) is 35.7 Å². The van der Waals surface area contributed by atoms with Crippen LogP contribution in [0.5, 0.6) is 0 Å². The summed E-state index contributed by atoms with van der Waals surface area (Å²) in [6.07, 6.45) is 12.9. The minimum absolute atomic E-state index is 0.125. The molecule has 0 aromatic heterocycles. The van der Waals surface area contributed by atoms with E-state index in [2.05, 4.69) is 47.3 Å². The zero-order valence-electron chi connectivity index (χ0n) is 22.2. The number of rotatable bonds is 9. The minimum Gasteiger partial charge on any atom is -0.481 e. The van der Waals surface area contributed by atoms with Gasteiger partial charge in [-0.1, -0.05) is 57.6 Å². The zero-order chi connectivity index (χ0) is 25.5. The normalized spacial score (nSPS) is 38.5. The summed E-state index contributed by atoms with van der Waals surface area (Å²) in [5.74, 6) is 0.491. The second-order valence-electron chi connectivity index (χ2n) is 12.4. The average molecular weight is 471 g/mol. The zero-order valence-corrected chi connectivity index (χ0v) is 22.2. The molecule has 4 heteroatoms. The molecular weight excluding hydrogens is 424 g/mol. The number of fused-ring (bicyclic) bond motifs is 3. The van der Waals surface area contributed by atoms with Gasteiger partial charge >= 0.3 is 11.9 Å². The van der Waals surface area contributed by atoms with Crippen molar-refractivity contribution in [2.75, 3.05) is 0 Å². The van der Waals surface area contributed by atoms with E-state index in [0.717, 1.165) is 25.7 Å². The lowest BCUT2D eigenvalue weighted by Crippen LogP contribution is -2.52. The predicted octanol–water partition coefficient (Wildman–Crippen LogP) is 7.66. The molecule has 34 heavy (non-hydrogen) atoms. The van der Waals surface area contributed by atoms with Gasteiger partial charge in [0.05, 0.1) is 0 Å². The highest BCUT2D eigenvalue weighted by Crippen LogP contribution is 2.71. The maximum atomic E-state index is 11.5. The van der Waals surface area contributed by atoms with Crippen LogP contribution in [-0.4, -0.2) is 22.2 Å². The molecule has 0 bridgehead atoms. The van der Waals surface area contributed by atoms with Crippen molar-refractivity contribution in [1.82, 2.24) is 0 Å². The fourth-order valence-electron chi connectivity index (χ4n) is 8.44. The fourth-order valence-corrected chi connectivity index (χ4v) is 8.44. The van der Waals surface area contributed by atoms with Crippen molar-refractivity contribution in [1.29, 1.82) is 0 Å². The minimum atomic E-state index is -0.825. The van der Waals surface area contributed by atoms with Crippen LogP contribution in [0.15, 0.2) is 35.5 Å². The first-order valence-electron chi connectivity index (χ1n) is 13.3. The van der Waals surface area contributed by atoms with Gasteiger partial charge in [-0.15, -0.1) is 0 Å². The van der Waals surface area contributed by atoms with E-state index in [9.17, 15) is 14.7 Å². The number of carboxylic acid groups (broad SMARTS) is 2. The smallest absolute Gasteiger partial charge is 0.330 e. The molecule has 2 saturated carbocycles. The number of aliphatic carboxylic acids is 2. The Bertz CT molecular complexity index is 897. The highest BCUT2D eigenvalue weighted by Gasteiger charge is 2.63. The van der Waals surface area contributed by atoms with Gasteiger partial charge in [0.2, 0.25) is 0 Å². The summed E-state index contributed by atoms with van der Waals surface area (Å²) >= 11 is 0. The van der Waals surface area contributed by atoms with E-state index in [4.69, 9.17) is 5.11 Å². The van der Waals surface area contributed by atoms with E-state index in [1.54, 1.807) is 6.92 Å². The van der Waals surface area contributed by atoms with Gasteiger partial charge in [-0.2, -0.15) is 0 Å². The van der Waals surface area contributed by atoms with E-state index >= 15 is 0 Å². The topological polar surface area (TPSA) is 74.6 Å². The van der Waals surface area contributed by atoms with Crippen LogP contribution in [0.2, 0.25) is 0 Å². The summed E-state index contributed by atoms with van der Waals surface area (Å²) in [5.41, 5.74) is 3.45. The van der Waals surface area contributed by atoms with Crippen LogP contribution in [0.3, 0.4) is 0 Å². The molecule has 2 N–H and O–H groups in total. The van der Waals surface area contributed by atoms with Gasteiger partial charge in [-0.3, -0.25) is 4.79 Å². The molecule has 0 saturated heterocycles. The summed E-state index contributed by atoms with van der Waals surface area (Å²) < 4.78 is 0. The molecule has 0 aromatic carbocycles. The lowest BCUT2D eigenvalue weighted by atomic mass is 9.44. The predicted molar refractivity (Wildman–Crippen MR) is 137 cm³/mol. The number of hydrogen-bond donors (Lipinski definition) is 2. The molecule has 0 spiro atoms. The molecule has 0 heterocycles. The van der Waals surface area contributed by atoms with Crippen LogP contribution in [0.25, 0.3) is 0 Å². The monoisotopic (exact) mass is 470 g/mol. The molecular formula is C30H46O4. The van der Waals surface area contributed by atoms with Crippen molar-refractivity contribution in [2.24, 2.45) is 39.9 Å². The van der Waals surface area contributed by atoms with Crippen LogP contribution < -0.4 is 0 Å². The first-order chi connectivity index (χ1) is 15.8. The number of hydrogen-bond acceptors (Lipinski definition) is 2. The van der Waals surface area contributed by atoms with Crippen molar-refractivity contribution in [3.63, 3.8) is 0 Å². The molecule has 3 aliphatic rings. The van der Waals surface area contributed by atoms with Gasteiger partial charge in [0.1, 0.15) is 0 Å². The van der Waals surface area contributed by atoms with E-state index in [-0.39, 0.29) is 22.7 Å². The maximum Gasteiger partial charge on any atom is 0.330 e. The molecule has 2 fully saturated rings. The molecule has 4 nitrogen and oxygen atoms in total. The Kier molecular flexibility index (Phi) is 7.60. The Labute approximate surface area is 206 Å². The Morgan fingerprint density at radius 2 is 1.82 bits per heavy atom. The first kappa shape index (κ1) is 26.8. The van der Waals surface area contributed by atoms with E-state index in [1.807, 2.05) is 6.08 Å². The molecule has 0 amide bonds. The average Bonchev–Trinajstić information content (AvgIpc) is 3.03. The molecule has 3 aliphatic carbocycles. The quantitative estimate of drug-likeness (QED) is 0.268. The summed E-state index contributed by atoms with van der Waals surface area (Å²) in [4.78, 5) is 22.7. The van der Waals surface area contributed by atoms with Crippen LogP contribution in [-0.2, 0) is 9.59 Å². The van der Waals surface area contributed by atoms with Gasteiger partial charge in [0, 0.05) is 12.0 Å². The molecule has 3 rings (SSSR count). The fraction of sp³-hybridized carbons (Fsp3) is 0.733. The third-order valence-corrected chi connectivity index (χ3v) is 10.7. The van der Waals surface area contributed by atoms with E-state index in [1.165, 1.54) is 30.4 Å². The van der Waals surface area contributed by atoms with Gasteiger partial charge in [-0.25, -0.2) is 4.79 Å². The molecule has 7 atom stereocenters. The van der Waals surface area contributed by atoms with Gasteiger partial charge in [0.15, 0.2) is 0 Å². The number of carbonyl (C=O) groups is 2. The summed E-state index contributed by atoms with van der Waals surface area (Å²) in [7, 11) is 0. The Balaban J connectivity index is 1.89. The second kappa shape index (κ2) is 9.66. The van der Waals surface area contributed by atoms with Crippen molar-refractivity contribution < 1.29 is 19.8 Å². The maximum absolute atomic E-state index is 11.5. The highest BCUT2D eigenvalue weighted by atomic mass is 16.4. The van der Waals surface area contributed by atoms with Crippen LogP contribution >= 0.6 is 0 Å². The Morgan fingerprint density at radius 1 is 1.15 bits per heavy atom. The van der Waals surface area contributed by atoms with Crippen molar-refractivity contribution in [2.45, 2.75) is 99.3 Å². The molecule has 1 unspecified atom stereocenters. The van der Waals surface area contributed by atoms with Crippen molar-refractivity contribution in [3.8, 4) is 0 Å². The van der Waals surface area contributed by atoms with Crippen LogP contribution in [0, 0.1) is 39.9 Å². The van der Waals surface area contributed by atoms with E-state index < -0.39 is 11.9 Å². The summed E-state index contributed by atoms with van der Waals surface area (Å²) in [6.45, 7) is 17.8. The molecule has 0 radical (unpaired) electrons. The standard InChI is InChI=1S/C30H46O4/c1-19(2)22-11-12-25-24(28(22,5)16-15-26(31)32)14-18-29(6)23(13-17-30(25,29)7)20(3)9-8-10-21(4)27(33)34/h10,14,20,22-23,25H,1,8-9,11-13,15-18H2,2-7H3,(H,31,32)(H,33,34)/b21-10-/t20-,22+,23?,25-,28+,29-,30+/m1/s1. The van der Waals surface area contributed by atoms with Crippen LogP contribution in [0.1, 0.15) is 99.3 Å². The molecule has 190 valence electrons. The first-order valence-corrected chi connectivity index (χ1v) is 13.3. The van der Waals surface area contributed by atoms with Gasteiger partial charge in [-0.05, 0) is 105 Å². The van der Waals surface area contributed by atoms with Crippen molar-refractivity contribution >= 4 is 11.9 Å². The third kappa shape index (κ3) is 4.42. The van der Waals surface area contributed by atoms with Crippen LogP contribution in [0.4, 0.5) is 0 Å². The highest BCUT2D eigenvalue weighted by molar-refractivity contribution is 5.85. The van der Waals surface area contributed by atoms with Gasteiger partial charge in [0.25, 0.3) is 0 Å². The largest absolute Gasteiger partial charge is 0.481 e. The summed E-state index contributed by atoms with van der Waals surface area (Å²) in [6, 6.07) is 0.